The minimum atomic E-state index is 0.442. The van der Waals surface area contributed by atoms with Gasteiger partial charge in [-0.25, -0.2) is 0 Å². The van der Waals surface area contributed by atoms with Crippen LogP contribution < -0.4 is 0 Å². The molecule has 0 amide bonds. The highest BCUT2D eigenvalue weighted by Gasteiger charge is 2.35. The van der Waals surface area contributed by atoms with Crippen molar-refractivity contribution in [1.82, 2.24) is 0 Å². The fraction of sp³-hybridized carbons (Fsp3) is 0.938. The van der Waals surface area contributed by atoms with Crippen LogP contribution in [0.2, 0.25) is 0 Å². The smallest absolute Gasteiger partial charge is 0.0185 e. The lowest BCUT2D eigenvalue weighted by Gasteiger charge is -2.41. The Morgan fingerprint density at radius 2 is 1.31 bits per heavy atom. The van der Waals surface area contributed by atoms with Crippen LogP contribution in [0.5, 0.6) is 0 Å². The van der Waals surface area contributed by atoms with Gasteiger partial charge in [0.25, 0.3) is 0 Å². The number of hydrogen-bond acceptors (Lipinski definition) is 0. The normalized spacial score (nSPS) is 15.2. The van der Waals surface area contributed by atoms with E-state index in [2.05, 4.69) is 55.4 Å². The van der Waals surface area contributed by atoms with Gasteiger partial charge in [0, 0.05) is 0 Å². The Labute approximate surface area is 104 Å². The predicted octanol–water partition coefficient (Wildman–Crippen LogP) is 5.73. The van der Waals surface area contributed by atoms with Crippen LogP contribution in [0.25, 0.3) is 0 Å². The minimum Gasteiger partial charge on any atom is -0.0651 e. The van der Waals surface area contributed by atoms with E-state index in [1.807, 2.05) is 0 Å². The first kappa shape index (κ1) is 16.0. The molecule has 0 aliphatic rings. The molecule has 0 aromatic rings. The third kappa shape index (κ3) is 4.89. The second-order valence-corrected chi connectivity index (χ2v) is 6.75. The molecule has 16 heavy (non-hydrogen) atoms. The van der Waals surface area contributed by atoms with E-state index in [9.17, 15) is 0 Å². The lowest BCUT2D eigenvalue weighted by Crippen LogP contribution is -2.31. The van der Waals surface area contributed by atoms with E-state index in [1.165, 1.54) is 19.3 Å². The van der Waals surface area contributed by atoms with Crippen molar-refractivity contribution >= 4 is 0 Å². The average molecular weight is 225 g/mol. The summed E-state index contributed by atoms with van der Waals surface area (Å²) >= 11 is 0. The molecule has 0 aromatic carbocycles. The van der Waals surface area contributed by atoms with Crippen molar-refractivity contribution in [2.75, 3.05) is 0 Å². The molecule has 97 valence electrons. The molecule has 0 spiro atoms. The Morgan fingerprint density at radius 1 is 0.938 bits per heavy atom. The molecule has 0 aliphatic heterocycles. The number of hydrogen-bond donors (Lipinski definition) is 0. The van der Waals surface area contributed by atoms with Crippen molar-refractivity contribution in [1.29, 1.82) is 0 Å². The van der Waals surface area contributed by atoms with Crippen LogP contribution in [0.1, 0.15) is 74.7 Å². The van der Waals surface area contributed by atoms with Crippen molar-refractivity contribution < 1.29 is 0 Å². The maximum Gasteiger partial charge on any atom is -0.0185 e. The van der Waals surface area contributed by atoms with Crippen molar-refractivity contribution in [3.05, 3.63) is 5.92 Å². The van der Waals surface area contributed by atoms with E-state index in [4.69, 9.17) is 0 Å². The molecule has 0 bridgehead atoms. The van der Waals surface area contributed by atoms with E-state index >= 15 is 0 Å². The van der Waals surface area contributed by atoms with Crippen LogP contribution >= 0.6 is 0 Å². The largest absolute Gasteiger partial charge is 0.0651 e. The molecular formula is C16H33. The first-order valence-corrected chi connectivity index (χ1v) is 7.06. The molecule has 0 rings (SSSR count). The Hall–Kier alpha value is 0. The molecular weight excluding hydrogens is 192 g/mol. The van der Waals surface area contributed by atoms with E-state index in [0.717, 1.165) is 17.8 Å². The number of rotatable bonds is 7. The first-order valence-electron chi connectivity index (χ1n) is 7.06. The molecule has 1 radical (unpaired) electrons. The predicted molar refractivity (Wildman–Crippen MR) is 75.4 cm³/mol. The Kier molecular flexibility index (Phi) is 6.67. The van der Waals surface area contributed by atoms with Crippen LogP contribution in [0.3, 0.4) is 0 Å². The molecule has 0 saturated heterocycles. The Balaban J connectivity index is 4.75. The van der Waals surface area contributed by atoms with E-state index in [1.54, 1.807) is 5.92 Å². The van der Waals surface area contributed by atoms with Gasteiger partial charge in [0.05, 0.1) is 0 Å². The van der Waals surface area contributed by atoms with Crippen LogP contribution in [0, 0.1) is 29.1 Å². The van der Waals surface area contributed by atoms with Gasteiger partial charge in [0.15, 0.2) is 0 Å². The fourth-order valence-electron chi connectivity index (χ4n) is 3.11. The van der Waals surface area contributed by atoms with E-state index < -0.39 is 0 Å². The van der Waals surface area contributed by atoms with Crippen LogP contribution in [-0.2, 0) is 0 Å². The summed E-state index contributed by atoms with van der Waals surface area (Å²) in [6, 6.07) is 0. The second-order valence-electron chi connectivity index (χ2n) is 6.75. The quantitative estimate of drug-likeness (QED) is 0.519. The lowest BCUT2D eigenvalue weighted by molar-refractivity contribution is 0.194. The summed E-state index contributed by atoms with van der Waals surface area (Å²) in [6.07, 6.45) is 3.94. The summed E-state index contributed by atoms with van der Waals surface area (Å²) in [6.45, 7) is 19.0. The van der Waals surface area contributed by atoms with E-state index in [0.29, 0.717) is 5.41 Å². The van der Waals surface area contributed by atoms with Gasteiger partial charge < -0.3 is 0 Å². The first-order chi connectivity index (χ1) is 7.23. The molecule has 0 N–H and O–H groups in total. The van der Waals surface area contributed by atoms with Gasteiger partial charge in [0.2, 0.25) is 0 Å². The maximum atomic E-state index is 2.48. The molecule has 0 aromatic heterocycles. The average Bonchev–Trinajstić information content (AvgIpc) is 2.12. The molecule has 0 heterocycles. The minimum absolute atomic E-state index is 0.442. The third-order valence-corrected chi connectivity index (χ3v) is 4.02. The Bertz CT molecular complexity index is 168. The summed E-state index contributed by atoms with van der Waals surface area (Å²) in [5, 5.41) is 0. The molecule has 0 aliphatic carbocycles. The van der Waals surface area contributed by atoms with Gasteiger partial charge in [-0.3, -0.25) is 0 Å². The molecule has 0 heteroatoms. The van der Waals surface area contributed by atoms with Crippen LogP contribution in [-0.4, -0.2) is 0 Å². The van der Waals surface area contributed by atoms with Crippen molar-refractivity contribution in [3.8, 4) is 0 Å². The molecule has 0 nitrogen and oxygen atoms in total. The maximum absolute atomic E-state index is 2.48. The summed E-state index contributed by atoms with van der Waals surface area (Å²) in [5.41, 5.74) is 0.442. The standard InChI is InChI=1S/C16H33/c1-9-14(6)15(7)16(8,10-12(2)3)11-13(4)5/h12-14H,9-11H2,1-8H3. The zero-order valence-electron chi connectivity index (χ0n) is 12.9. The topological polar surface area (TPSA) is 0 Å². The van der Waals surface area contributed by atoms with Gasteiger partial charge in [0.1, 0.15) is 0 Å². The zero-order chi connectivity index (χ0) is 12.9. The van der Waals surface area contributed by atoms with Crippen molar-refractivity contribution in [3.63, 3.8) is 0 Å². The van der Waals surface area contributed by atoms with Gasteiger partial charge in [-0.2, -0.15) is 0 Å². The summed E-state index contributed by atoms with van der Waals surface area (Å²) in [4.78, 5) is 0. The van der Waals surface area contributed by atoms with Gasteiger partial charge in [-0.05, 0) is 41.9 Å². The third-order valence-electron chi connectivity index (χ3n) is 4.02. The van der Waals surface area contributed by atoms with Gasteiger partial charge in [-0.15, -0.1) is 0 Å². The monoisotopic (exact) mass is 225 g/mol. The zero-order valence-corrected chi connectivity index (χ0v) is 12.9. The second kappa shape index (κ2) is 6.67. The highest BCUT2D eigenvalue weighted by molar-refractivity contribution is 5.05. The van der Waals surface area contributed by atoms with Crippen molar-refractivity contribution in [2.24, 2.45) is 23.2 Å². The molecule has 1 atom stereocenters. The van der Waals surface area contributed by atoms with Gasteiger partial charge in [-0.1, -0.05) is 61.8 Å². The summed E-state index contributed by atoms with van der Waals surface area (Å²) in [7, 11) is 0. The SMILES string of the molecule is CCC(C)[C](C)C(C)(CC(C)C)CC(C)C. The van der Waals surface area contributed by atoms with Gasteiger partial charge >= 0.3 is 0 Å². The lowest BCUT2D eigenvalue weighted by atomic mass is 9.64. The molecule has 1 unspecified atom stereocenters. The molecule has 0 saturated carbocycles. The van der Waals surface area contributed by atoms with Crippen LogP contribution in [0.4, 0.5) is 0 Å². The summed E-state index contributed by atoms with van der Waals surface area (Å²) in [5.74, 6) is 4.07. The van der Waals surface area contributed by atoms with Crippen LogP contribution in [0.15, 0.2) is 0 Å². The highest BCUT2D eigenvalue weighted by Crippen LogP contribution is 2.45. The molecule has 0 fully saturated rings. The fourth-order valence-corrected chi connectivity index (χ4v) is 3.11. The van der Waals surface area contributed by atoms with Crippen molar-refractivity contribution in [2.45, 2.75) is 74.7 Å². The van der Waals surface area contributed by atoms with E-state index in [-0.39, 0.29) is 0 Å². The highest BCUT2D eigenvalue weighted by atomic mass is 14.4. The summed E-state index contributed by atoms with van der Waals surface area (Å²) < 4.78 is 0. The Morgan fingerprint density at radius 3 is 1.56 bits per heavy atom.